The second-order valence-corrected chi connectivity index (χ2v) is 14.2. The largest absolute Gasteiger partial charge is 0.455 e. The Morgan fingerprint density at radius 3 is 1.85 bits per heavy atom. The second kappa shape index (κ2) is 13.7. The van der Waals surface area contributed by atoms with E-state index < -0.39 is 0 Å². The molecule has 258 valence electrons. The summed E-state index contributed by atoms with van der Waals surface area (Å²) in [5, 5.41) is 10.1. The zero-order valence-corrected chi connectivity index (χ0v) is 30.9. The van der Waals surface area contributed by atoms with Gasteiger partial charge in [-0.25, -0.2) is 0 Å². The predicted molar refractivity (Wildman–Crippen MR) is 233 cm³/mol. The number of allylic oxidation sites excluding steroid dienone is 3. The molecule has 54 heavy (non-hydrogen) atoms. The quantitative estimate of drug-likeness (QED) is 0.129. The van der Waals surface area contributed by atoms with E-state index in [2.05, 4.69) is 154 Å². The standard InChI is InChI=1S/C42H28O.C11H12/c1-25-13-18-31(26(2)23-25)34-20-15-28-16-21-36-32(19-14-27-17-22-37(34)41(28)40(27)36)29-7-5-8-30(24-29)33-10-6-11-38-35-9-3-4-12-39(35)43-42(33)38;1-3-7-10(2)11-8-5-4-6-9-11/h3-24H,1-2H3;3-9H,2H2,1H3/b;7-3-. The van der Waals surface area contributed by atoms with Crippen LogP contribution in [0.5, 0.6) is 0 Å². The maximum atomic E-state index is 6.39. The van der Waals surface area contributed by atoms with Gasteiger partial charge in [0.1, 0.15) is 11.2 Å². The monoisotopic (exact) mass is 692 g/mol. The van der Waals surface area contributed by atoms with Crippen LogP contribution in [0.2, 0.25) is 0 Å². The van der Waals surface area contributed by atoms with Gasteiger partial charge in [-0.05, 0) is 110 Å². The van der Waals surface area contributed by atoms with E-state index >= 15 is 0 Å². The summed E-state index contributed by atoms with van der Waals surface area (Å²) in [6.07, 6.45) is 4.00. The number of benzene rings is 9. The first-order chi connectivity index (χ1) is 26.5. The van der Waals surface area contributed by atoms with Gasteiger partial charge < -0.3 is 4.42 Å². The van der Waals surface area contributed by atoms with E-state index in [4.69, 9.17) is 4.42 Å². The summed E-state index contributed by atoms with van der Waals surface area (Å²) in [7, 11) is 0. The van der Waals surface area contributed by atoms with Gasteiger partial charge in [0, 0.05) is 16.3 Å². The van der Waals surface area contributed by atoms with Crippen LogP contribution in [0.15, 0.2) is 187 Å². The number of rotatable bonds is 5. The molecule has 0 spiro atoms. The first-order valence-corrected chi connectivity index (χ1v) is 18.6. The minimum atomic E-state index is 0.924. The van der Waals surface area contributed by atoms with E-state index in [0.717, 1.165) is 38.6 Å². The first kappa shape index (κ1) is 33.2. The fraction of sp³-hybridized carbons (Fsp3) is 0.0566. The molecule has 0 fully saturated rings. The molecule has 0 radical (unpaired) electrons. The van der Waals surface area contributed by atoms with Crippen LogP contribution in [-0.2, 0) is 0 Å². The molecule has 1 heterocycles. The minimum absolute atomic E-state index is 0.924. The van der Waals surface area contributed by atoms with Crippen molar-refractivity contribution in [3.8, 4) is 33.4 Å². The predicted octanol–water partition coefficient (Wildman–Crippen LogP) is 15.4. The van der Waals surface area contributed by atoms with Gasteiger partial charge in [0.2, 0.25) is 0 Å². The van der Waals surface area contributed by atoms with Crippen molar-refractivity contribution in [2.24, 2.45) is 0 Å². The Balaban J connectivity index is 0.000000303. The van der Waals surface area contributed by atoms with Crippen molar-refractivity contribution in [2.45, 2.75) is 20.8 Å². The molecule has 9 aromatic carbocycles. The van der Waals surface area contributed by atoms with Crippen LogP contribution in [-0.4, -0.2) is 0 Å². The van der Waals surface area contributed by atoms with E-state index in [0.29, 0.717) is 0 Å². The fourth-order valence-electron chi connectivity index (χ4n) is 8.18. The van der Waals surface area contributed by atoms with Gasteiger partial charge in [0.25, 0.3) is 0 Å². The smallest absolute Gasteiger partial charge is 0.143 e. The third-order valence-corrected chi connectivity index (χ3v) is 10.7. The summed E-state index contributed by atoms with van der Waals surface area (Å²) in [5.74, 6) is 0. The Morgan fingerprint density at radius 2 is 1.11 bits per heavy atom. The number of fused-ring (bicyclic) bond motifs is 3. The Kier molecular flexibility index (Phi) is 8.41. The van der Waals surface area contributed by atoms with Gasteiger partial charge in [-0.1, -0.05) is 176 Å². The van der Waals surface area contributed by atoms with Crippen molar-refractivity contribution in [3.63, 3.8) is 0 Å². The molecule has 0 aliphatic rings. The number of furan rings is 1. The van der Waals surface area contributed by atoms with Crippen LogP contribution in [0, 0.1) is 13.8 Å². The van der Waals surface area contributed by atoms with Crippen LogP contribution in [0.4, 0.5) is 0 Å². The summed E-state index contributed by atoms with van der Waals surface area (Å²) in [4.78, 5) is 0. The third kappa shape index (κ3) is 5.75. The lowest BCUT2D eigenvalue weighted by atomic mass is 9.86. The highest BCUT2D eigenvalue weighted by atomic mass is 16.3. The Labute approximate surface area is 316 Å². The summed E-state index contributed by atoms with van der Waals surface area (Å²) in [6.45, 7) is 10.3. The van der Waals surface area contributed by atoms with Crippen molar-refractivity contribution < 1.29 is 4.42 Å². The Morgan fingerprint density at radius 1 is 0.500 bits per heavy atom. The van der Waals surface area contributed by atoms with Crippen LogP contribution >= 0.6 is 0 Å². The summed E-state index contributed by atoms with van der Waals surface area (Å²) in [5.41, 5.74) is 14.0. The molecule has 1 nitrogen and oxygen atoms in total. The topological polar surface area (TPSA) is 13.1 Å². The van der Waals surface area contributed by atoms with E-state index in [-0.39, 0.29) is 0 Å². The summed E-state index contributed by atoms with van der Waals surface area (Å²) >= 11 is 0. The molecule has 0 unspecified atom stereocenters. The average molecular weight is 693 g/mol. The van der Waals surface area contributed by atoms with E-state index in [1.807, 2.05) is 49.4 Å². The van der Waals surface area contributed by atoms with Gasteiger partial charge in [-0.2, -0.15) is 0 Å². The number of hydrogen-bond donors (Lipinski definition) is 0. The van der Waals surface area contributed by atoms with Gasteiger partial charge in [0.05, 0.1) is 0 Å². The molecule has 0 aliphatic heterocycles. The molecular formula is C53H40O. The van der Waals surface area contributed by atoms with Crippen LogP contribution in [0.3, 0.4) is 0 Å². The number of para-hydroxylation sites is 2. The van der Waals surface area contributed by atoms with Gasteiger partial charge in [-0.15, -0.1) is 0 Å². The maximum absolute atomic E-state index is 6.39. The lowest BCUT2D eigenvalue weighted by molar-refractivity contribution is 0.670. The first-order valence-electron chi connectivity index (χ1n) is 18.6. The van der Waals surface area contributed by atoms with Crippen molar-refractivity contribution in [1.82, 2.24) is 0 Å². The van der Waals surface area contributed by atoms with Crippen molar-refractivity contribution in [3.05, 3.63) is 199 Å². The van der Waals surface area contributed by atoms with Crippen molar-refractivity contribution in [2.75, 3.05) is 0 Å². The zero-order chi connectivity index (χ0) is 36.8. The highest BCUT2D eigenvalue weighted by Gasteiger charge is 2.17. The molecule has 1 aromatic heterocycles. The Hall–Kier alpha value is -6.70. The van der Waals surface area contributed by atoms with Gasteiger partial charge >= 0.3 is 0 Å². The molecule has 0 saturated heterocycles. The highest BCUT2D eigenvalue weighted by molar-refractivity contribution is 6.27. The molecule has 10 rings (SSSR count). The lowest BCUT2D eigenvalue weighted by Gasteiger charge is -2.17. The SMILES string of the molecule is C=C(/C=C\C)c1ccccc1.Cc1ccc(-c2ccc3ccc4c(-c5cccc(-c6cccc7c6oc6ccccc67)c5)ccc5ccc2c3c54)c(C)c1. The van der Waals surface area contributed by atoms with Crippen molar-refractivity contribution >= 4 is 59.8 Å². The van der Waals surface area contributed by atoms with Crippen LogP contribution < -0.4 is 0 Å². The molecule has 0 aliphatic carbocycles. The fourth-order valence-corrected chi connectivity index (χ4v) is 8.18. The van der Waals surface area contributed by atoms with E-state index in [1.54, 1.807) is 0 Å². The van der Waals surface area contributed by atoms with Crippen molar-refractivity contribution in [1.29, 1.82) is 0 Å². The summed E-state index contributed by atoms with van der Waals surface area (Å²) < 4.78 is 6.39. The maximum Gasteiger partial charge on any atom is 0.143 e. The number of aryl methyl sites for hydroxylation is 2. The molecule has 0 amide bonds. The lowest BCUT2D eigenvalue weighted by Crippen LogP contribution is -1.91. The minimum Gasteiger partial charge on any atom is -0.455 e. The molecule has 0 atom stereocenters. The molecule has 1 heteroatoms. The summed E-state index contributed by atoms with van der Waals surface area (Å²) in [6, 6.07) is 58.9. The van der Waals surface area contributed by atoms with Crippen LogP contribution in [0.1, 0.15) is 23.6 Å². The molecule has 0 saturated carbocycles. The number of hydrogen-bond acceptors (Lipinski definition) is 1. The van der Waals surface area contributed by atoms with E-state index in [1.165, 1.54) is 71.3 Å². The van der Waals surface area contributed by atoms with E-state index in [9.17, 15) is 0 Å². The third-order valence-electron chi connectivity index (χ3n) is 10.7. The molecular weight excluding hydrogens is 653 g/mol. The van der Waals surface area contributed by atoms with Crippen LogP contribution in [0.25, 0.3) is 93.2 Å². The normalized spacial score (nSPS) is 11.6. The molecule has 0 bridgehead atoms. The van der Waals surface area contributed by atoms with Gasteiger partial charge in [0.15, 0.2) is 0 Å². The molecule has 10 aromatic rings. The second-order valence-electron chi connectivity index (χ2n) is 14.2. The highest BCUT2D eigenvalue weighted by Crippen LogP contribution is 2.44. The average Bonchev–Trinajstić information content (AvgIpc) is 3.60. The molecule has 0 N–H and O–H groups in total. The van der Waals surface area contributed by atoms with Gasteiger partial charge in [-0.3, -0.25) is 0 Å². The zero-order valence-electron chi connectivity index (χ0n) is 30.9. The Bertz CT molecular complexity index is 3030.